The Kier molecular flexibility index (Phi) is 3.79. The molecule has 0 radical (unpaired) electrons. The van der Waals surface area contributed by atoms with Gasteiger partial charge in [-0.3, -0.25) is 0 Å². The first kappa shape index (κ1) is 13.0. The van der Waals surface area contributed by atoms with Crippen LogP contribution in [0, 0.1) is 12.8 Å². The van der Waals surface area contributed by atoms with E-state index >= 15 is 0 Å². The lowest BCUT2D eigenvalue weighted by molar-refractivity contribution is 0.391. The third kappa shape index (κ3) is 2.64. The van der Waals surface area contributed by atoms with Crippen molar-refractivity contribution in [1.29, 1.82) is 0 Å². The maximum absolute atomic E-state index is 5.55. The summed E-state index contributed by atoms with van der Waals surface area (Å²) in [5.74, 6) is 2.60. The second-order valence-electron chi connectivity index (χ2n) is 6.24. The molecule has 0 spiro atoms. The van der Waals surface area contributed by atoms with Gasteiger partial charge in [0, 0.05) is 18.5 Å². The van der Waals surface area contributed by atoms with E-state index in [1.54, 1.807) is 7.11 Å². The van der Waals surface area contributed by atoms with Crippen LogP contribution in [-0.4, -0.2) is 19.7 Å². The molecule has 1 saturated heterocycles. The quantitative estimate of drug-likeness (QED) is 0.895. The average molecular weight is 259 g/mol. The van der Waals surface area contributed by atoms with E-state index < -0.39 is 0 Å². The predicted octanol–water partition coefficient (Wildman–Crippen LogP) is 3.64. The van der Waals surface area contributed by atoms with Gasteiger partial charge in [0.05, 0.1) is 7.11 Å². The van der Waals surface area contributed by atoms with E-state index in [1.165, 1.54) is 43.2 Å². The van der Waals surface area contributed by atoms with E-state index in [1.807, 2.05) is 0 Å². The van der Waals surface area contributed by atoms with Gasteiger partial charge in [-0.1, -0.05) is 30.5 Å². The van der Waals surface area contributed by atoms with Crippen molar-refractivity contribution in [2.45, 2.75) is 51.0 Å². The molecule has 3 rings (SSSR count). The maximum Gasteiger partial charge on any atom is 0.122 e. The van der Waals surface area contributed by atoms with Crippen LogP contribution >= 0.6 is 0 Å². The van der Waals surface area contributed by atoms with Crippen molar-refractivity contribution in [2.75, 3.05) is 13.7 Å². The molecule has 19 heavy (non-hydrogen) atoms. The topological polar surface area (TPSA) is 21.3 Å². The van der Waals surface area contributed by atoms with Crippen molar-refractivity contribution < 1.29 is 4.74 Å². The van der Waals surface area contributed by atoms with Crippen LogP contribution in [0.5, 0.6) is 5.75 Å². The van der Waals surface area contributed by atoms with Crippen molar-refractivity contribution in [1.82, 2.24) is 5.32 Å². The van der Waals surface area contributed by atoms with Crippen LogP contribution in [-0.2, 0) is 0 Å². The van der Waals surface area contributed by atoms with Gasteiger partial charge in [-0.15, -0.1) is 0 Å². The zero-order chi connectivity index (χ0) is 13.2. The molecule has 2 aliphatic rings. The molecule has 1 N–H and O–H groups in total. The number of benzene rings is 1. The number of hydrogen-bond acceptors (Lipinski definition) is 2. The first-order valence-corrected chi connectivity index (χ1v) is 7.66. The van der Waals surface area contributed by atoms with Gasteiger partial charge >= 0.3 is 0 Å². The average Bonchev–Trinajstić information content (AvgIpc) is 3.09. The largest absolute Gasteiger partial charge is 0.496 e. The smallest absolute Gasteiger partial charge is 0.122 e. The number of methoxy groups -OCH3 is 1. The zero-order valence-electron chi connectivity index (χ0n) is 12.1. The van der Waals surface area contributed by atoms with Gasteiger partial charge in [0.15, 0.2) is 0 Å². The molecule has 2 nitrogen and oxygen atoms in total. The molecule has 104 valence electrons. The summed E-state index contributed by atoms with van der Waals surface area (Å²) >= 11 is 0. The summed E-state index contributed by atoms with van der Waals surface area (Å²) < 4.78 is 5.55. The Morgan fingerprint density at radius 2 is 2.00 bits per heavy atom. The monoisotopic (exact) mass is 259 g/mol. The normalized spacial score (nSPS) is 27.9. The van der Waals surface area contributed by atoms with Gasteiger partial charge < -0.3 is 10.1 Å². The van der Waals surface area contributed by atoms with E-state index in [9.17, 15) is 0 Å². The first-order chi connectivity index (χ1) is 9.28. The van der Waals surface area contributed by atoms with E-state index in [0.717, 1.165) is 24.3 Å². The second kappa shape index (κ2) is 5.54. The van der Waals surface area contributed by atoms with E-state index in [2.05, 4.69) is 30.4 Å². The summed E-state index contributed by atoms with van der Waals surface area (Å²) in [5, 5.41) is 3.76. The third-order valence-corrected chi connectivity index (χ3v) is 4.96. The van der Waals surface area contributed by atoms with E-state index in [-0.39, 0.29) is 0 Å². The van der Waals surface area contributed by atoms with Crippen LogP contribution in [0.2, 0.25) is 0 Å². The highest BCUT2D eigenvalue weighted by Gasteiger charge is 2.33. The molecular weight excluding hydrogens is 234 g/mol. The molecule has 2 unspecified atom stereocenters. The minimum absolute atomic E-state index is 0.625. The van der Waals surface area contributed by atoms with Gasteiger partial charge in [-0.25, -0.2) is 0 Å². The predicted molar refractivity (Wildman–Crippen MR) is 78.8 cm³/mol. The van der Waals surface area contributed by atoms with Crippen molar-refractivity contribution >= 4 is 0 Å². The summed E-state index contributed by atoms with van der Waals surface area (Å²) in [7, 11) is 1.78. The minimum atomic E-state index is 0.625. The van der Waals surface area contributed by atoms with Crippen molar-refractivity contribution in [3.05, 3.63) is 29.3 Å². The van der Waals surface area contributed by atoms with Crippen LogP contribution in [0.4, 0.5) is 0 Å². The fourth-order valence-corrected chi connectivity index (χ4v) is 3.90. The maximum atomic E-state index is 5.55. The number of rotatable bonds is 3. The number of aryl methyl sites for hydroxylation is 1. The second-order valence-corrected chi connectivity index (χ2v) is 6.24. The molecule has 1 saturated carbocycles. The fourth-order valence-electron chi connectivity index (χ4n) is 3.90. The minimum Gasteiger partial charge on any atom is -0.496 e. The molecule has 1 aliphatic carbocycles. The molecule has 0 bridgehead atoms. The Hall–Kier alpha value is -1.02. The van der Waals surface area contributed by atoms with Crippen LogP contribution in [0.25, 0.3) is 0 Å². The molecule has 1 aromatic carbocycles. The lowest BCUT2D eigenvalue weighted by Crippen LogP contribution is -2.28. The van der Waals surface area contributed by atoms with Gasteiger partial charge in [0.2, 0.25) is 0 Å². The summed E-state index contributed by atoms with van der Waals surface area (Å²) in [6.45, 7) is 3.28. The van der Waals surface area contributed by atoms with Crippen LogP contribution in [0.15, 0.2) is 18.2 Å². The summed E-state index contributed by atoms with van der Waals surface area (Å²) in [6, 6.07) is 7.30. The molecule has 1 aliphatic heterocycles. The summed E-state index contributed by atoms with van der Waals surface area (Å²) in [6.07, 6.45) is 7.00. The highest BCUT2D eigenvalue weighted by Crippen LogP contribution is 2.38. The highest BCUT2D eigenvalue weighted by atomic mass is 16.5. The number of nitrogens with one attached hydrogen (secondary N) is 1. The summed E-state index contributed by atoms with van der Waals surface area (Å²) in [5.41, 5.74) is 2.73. The fraction of sp³-hybridized carbons (Fsp3) is 0.647. The van der Waals surface area contributed by atoms with E-state index in [0.29, 0.717) is 5.92 Å². The zero-order valence-corrected chi connectivity index (χ0v) is 12.1. The lowest BCUT2D eigenvalue weighted by Gasteiger charge is -2.19. The molecule has 1 aromatic rings. The Morgan fingerprint density at radius 3 is 2.74 bits per heavy atom. The molecule has 1 heterocycles. The van der Waals surface area contributed by atoms with Crippen LogP contribution < -0.4 is 10.1 Å². The van der Waals surface area contributed by atoms with Gasteiger partial charge in [0.25, 0.3) is 0 Å². The first-order valence-electron chi connectivity index (χ1n) is 7.66. The van der Waals surface area contributed by atoms with Crippen LogP contribution in [0.3, 0.4) is 0 Å². The SMILES string of the molecule is COc1ccc(C)cc1C1CNC(C2CCCC2)C1. The van der Waals surface area contributed by atoms with Crippen molar-refractivity contribution in [2.24, 2.45) is 5.92 Å². The molecule has 2 fully saturated rings. The standard InChI is InChI=1S/C17H25NO/c1-12-7-8-17(19-2)15(9-12)14-10-16(18-11-14)13-5-3-4-6-13/h7-9,13-14,16,18H,3-6,10-11H2,1-2H3. The highest BCUT2D eigenvalue weighted by molar-refractivity contribution is 5.40. The van der Waals surface area contributed by atoms with Gasteiger partial charge in [-0.2, -0.15) is 0 Å². The van der Waals surface area contributed by atoms with Crippen molar-refractivity contribution in [3.63, 3.8) is 0 Å². The summed E-state index contributed by atoms with van der Waals surface area (Å²) in [4.78, 5) is 0. The van der Waals surface area contributed by atoms with Crippen molar-refractivity contribution in [3.8, 4) is 5.75 Å². The number of ether oxygens (including phenoxy) is 1. The molecule has 2 heteroatoms. The van der Waals surface area contributed by atoms with Gasteiger partial charge in [-0.05, 0) is 43.7 Å². The van der Waals surface area contributed by atoms with Crippen LogP contribution in [0.1, 0.15) is 49.1 Å². The number of hydrogen-bond donors (Lipinski definition) is 1. The third-order valence-electron chi connectivity index (χ3n) is 4.96. The Labute approximate surface area is 116 Å². The molecule has 2 atom stereocenters. The molecule has 0 aromatic heterocycles. The Bertz CT molecular complexity index is 437. The molecular formula is C17H25NO. The lowest BCUT2D eigenvalue weighted by atomic mass is 9.89. The van der Waals surface area contributed by atoms with Gasteiger partial charge in [0.1, 0.15) is 5.75 Å². The Morgan fingerprint density at radius 1 is 1.21 bits per heavy atom. The van der Waals surface area contributed by atoms with E-state index in [4.69, 9.17) is 4.74 Å². The Balaban J connectivity index is 1.75. The molecule has 0 amide bonds.